The van der Waals surface area contributed by atoms with Crippen molar-refractivity contribution in [1.29, 1.82) is 0 Å². The first-order valence-corrected chi connectivity index (χ1v) is 9.16. The molecule has 0 unspecified atom stereocenters. The molecule has 1 fully saturated rings. The zero-order valence-corrected chi connectivity index (χ0v) is 15.0. The summed E-state index contributed by atoms with van der Waals surface area (Å²) in [5, 5.41) is 0. The summed E-state index contributed by atoms with van der Waals surface area (Å²) in [6.45, 7) is 6.28. The zero-order valence-electron chi connectivity index (χ0n) is 15.0. The molecule has 0 N–H and O–H groups in total. The van der Waals surface area contributed by atoms with E-state index in [9.17, 15) is 9.18 Å². The number of halogens is 1. The number of unbranched alkanes of at least 4 members (excludes halogenated alkanes) is 1. The molecule has 0 aliphatic carbocycles. The first kappa shape index (κ1) is 17.6. The Bertz CT molecular complexity index is 740. The number of hydrogen-bond donors (Lipinski definition) is 0. The van der Waals surface area contributed by atoms with Crippen molar-refractivity contribution in [1.82, 2.24) is 14.5 Å². The fourth-order valence-corrected chi connectivity index (χ4v) is 3.53. The fraction of sp³-hybridized carbons (Fsp3) is 0.500. The molecule has 1 atom stereocenters. The standard InChI is InChI=1S/C20H26FN3O/c1-3-4-10-23-12-9-22-19(23)17-6-5-11-24(14-17)20(25)16-7-8-18(21)15(2)13-16/h7-9,12-13,17H,3-6,10-11,14H2,1-2H3/t17-/m0/s1. The van der Waals surface area contributed by atoms with E-state index in [1.54, 1.807) is 19.1 Å². The molecular formula is C20H26FN3O. The van der Waals surface area contributed by atoms with E-state index in [1.165, 1.54) is 6.07 Å². The Labute approximate surface area is 148 Å². The third-order valence-electron chi connectivity index (χ3n) is 4.98. The topological polar surface area (TPSA) is 38.1 Å². The van der Waals surface area contributed by atoms with Crippen LogP contribution in [0.3, 0.4) is 0 Å². The fourth-order valence-electron chi connectivity index (χ4n) is 3.53. The van der Waals surface area contributed by atoms with Crippen LogP contribution in [0.15, 0.2) is 30.6 Å². The maximum atomic E-state index is 13.5. The van der Waals surface area contributed by atoms with E-state index in [0.29, 0.717) is 17.7 Å². The molecule has 134 valence electrons. The van der Waals surface area contributed by atoms with E-state index < -0.39 is 0 Å². The second-order valence-corrected chi connectivity index (χ2v) is 6.89. The van der Waals surface area contributed by atoms with Gasteiger partial charge in [-0.3, -0.25) is 4.79 Å². The van der Waals surface area contributed by atoms with E-state index in [1.807, 2.05) is 17.3 Å². The average Bonchev–Trinajstić information content (AvgIpc) is 3.10. The summed E-state index contributed by atoms with van der Waals surface area (Å²) in [6.07, 6.45) is 8.20. The smallest absolute Gasteiger partial charge is 0.253 e. The quantitative estimate of drug-likeness (QED) is 0.818. The van der Waals surface area contributed by atoms with Gasteiger partial charge in [0.2, 0.25) is 0 Å². The lowest BCUT2D eigenvalue weighted by molar-refractivity contribution is 0.0703. The van der Waals surface area contributed by atoms with Crippen LogP contribution in [0.5, 0.6) is 0 Å². The van der Waals surface area contributed by atoms with Crippen molar-refractivity contribution in [3.8, 4) is 0 Å². The van der Waals surface area contributed by atoms with Crippen LogP contribution in [0.4, 0.5) is 4.39 Å². The minimum Gasteiger partial charge on any atom is -0.338 e. The van der Waals surface area contributed by atoms with Gasteiger partial charge >= 0.3 is 0 Å². The Morgan fingerprint density at radius 1 is 1.40 bits per heavy atom. The van der Waals surface area contributed by atoms with Crippen molar-refractivity contribution in [3.63, 3.8) is 0 Å². The SMILES string of the molecule is CCCCn1ccnc1[C@H]1CCCN(C(=O)c2ccc(F)c(C)c2)C1. The number of carbonyl (C=O) groups is 1. The number of hydrogen-bond acceptors (Lipinski definition) is 2. The molecule has 3 rings (SSSR count). The summed E-state index contributed by atoms with van der Waals surface area (Å²) in [7, 11) is 0. The van der Waals surface area contributed by atoms with Crippen LogP contribution in [0.25, 0.3) is 0 Å². The molecule has 5 heteroatoms. The predicted molar refractivity (Wildman–Crippen MR) is 96.2 cm³/mol. The molecule has 1 aliphatic heterocycles. The number of likely N-dealkylation sites (tertiary alicyclic amines) is 1. The number of amides is 1. The van der Waals surface area contributed by atoms with Gasteiger partial charge < -0.3 is 9.47 Å². The Morgan fingerprint density at radius 3 is 3.00 bits per heavy atom. The number of benzene rings is 1. The normalized spacial score (nSPS) is 17.7. The molecule has 1 amide bonds. The van der Waals surface area contributed by atoms with Crippen molar-refractivity contribution in [2.24, 2.45) is 0 Å². The van der Waals surface area contributed by atoms with E-state index >= 15 is 0 Å². The molecule has 4 nitrogen and oxygen atoms in total. The number of imidazole rings is 1. The van der Waals surface area contributed by atoms with Gasteiger partial charge in [0, 0.05) is 43.5 Å². The predicted octanol–water partition coefficient (Wildman–Crippen LogP) is 4.15. The minimum atomic E-state index is -0.272. The Hall–Kier alpha value is -2.17. The van der Waals surface area contributed by atoms with E-state index in [-0.39, 0.29) is 17.6 Å². The van der Waals surface area contributed by atoms with Gasteiger partial charge in [-0.25, -0.2) is 9.37 Å². The largest absolute Gasteiger partial charge is 0.338 e. The second-order valence-electron chi connectivity index (χ2n) is 6.89. The average molecular weight is 343 g/mol. The van der Waals surface area contributed by atoms with Crippen LogP contribution in [-0.4, -0.2) is 33.4 Å². The number of carbonyl (C=O) groups excluding carboxylic acids is 1. The summed E-state index contributed by atoms with van der Waals surface area (Å²) in [4.78, 5) is 19.3. The first-order chi connectivity index (χ1) is 12.1. The second kappa shape index (κ2) is 7.81. The highest BCUT2D eigenvalue weighted by Gasteiger charge is 2.28. The molecule has 1 aliphatic rings. The summed E-state index contributed by atoms with van der Waals surface area (Å²) in [5.41, 5.74) is 1.07. The third-order valence-corrected chi connectivity index (χ3v) is 4.98. The first-order valence-electron chi connectivity index (χ1n) is 9.16. The lowest BCUT2D eigenvalue weighted by atomic mass is 9.96. The van der Waals surface area contributed by atoms with Gasteiger partial charge in [-0.05, 0) is 49.9 Å². The lowest BCUT2D eigenvalue weighted by Crippen LogP contribution is -2.39. The molecule has 2 heterocycles. The molecule has 0 bridgehead atoms. The number of aromatic nitrogens is 2. The van der Waals surface area contributed by atoms with Gasteiger partial charge in [0.15, 0.2) is 0 Å². The third kappa shape index (κ3) is 3.91. The van der Waals surface area contributed by atoms with Crippen molar-refractivity contribution in [2.45, 2.75) is 52.0 Å². The van der Waals surface area contributed by atoms with Gasteiger partial charge in [-0.2, -0.15) is 0 Å². The van der Waals surface area contributed by atoms with Crippen molar-refractivity contribution in [2.75, 3.05) is 13.1 Å². The van der Waals surface area contributed by atoms with Gasteiger partial charge in [0.1, 0.15) is 11.6 Å². The van der Waals surface area contributed by atoms with Crippen LogP contribution in [0.2, 0.25) is 0 Å². The van der Waals surface area contributed by atoms with Crippen molar-refractivity contribution >= 4 is 5.91 Å². The summed E-state index contributed by atoms with van der Waals surface area (Å²) >= 11 is 0. The maximum Gasteiger partial charge on any atom is 0.253 e. The van der Waals surface area contributed by atoms with Crippen LogP contribution in [0.1, 0.15) is 60.3 Å². The number of piperidine rings is 1. The Kier molecular flexibility index (Phi) is 5.51. The zero-order chi connectivity index (χ0) is 17.8. The highest BCUT2D eigenvalue weighted by molar-refractivity contribution is 5.94. The molecule has 1 aromatic carbocycles. The highest BCUT2D eigenvalue weighted by atomic mass is 19.1. The summed E-state index contributed by atoms with van der Waals surface area (Å²) < 4.78 is 15.7. The highest BCUT2D eigenvalue weighted by Crippen LogP contribution is 2.27. The van der Waals surface area contributed by atoms with E-state index in [2.05, 4.69) is 16.5 Å². The summed E-state index contributed by atoms with van der Waals surface area (Å²) in [6, 6.07) is 4.60. The van der Waals surface area contributed by atoms with Gasteiger partial charge in [-0.15, -0.1) is 0 Å². The Balaban J connectivity index is 1.73. The number of rotatable bonds is 5. The van der Waals surface area contributed by atoms with E-state index in [4.69, 9.17) is 0 Å². The molecule has 0 saturated carbocycles. The minimum absolute atomic E-state index is 0.0144. The van der Waals surface area contributed by atoms with Gasteiger partial charge in [0.25, 0.3) is 5.91 Å². The van der Waals surface area contributed by atoms with E-state index in [0.717, 1.165) is 44.6 Å². The summed E-state index contributed by atoms with van der Waals surface area (Å²) in [5.74, 6) is 1.07. The number of nitrogens with zero attached hydrogens (tertiary/aromatic N) is 3. The maximum absolute atomic E-state index is 13.5. The molecule has 1 saturated heterocycles. The Morgan fingerprint density at radius 2 is 2.24 bits per heavy atom. The molecular weight excluding hydrogens is 317 g/mol. The molecule has 0 spiro atoms. The molecule has 25 heavy (non-hydrogen) atoms. The lowest BCUT2D eigenvalue weighted by Gasteiger charge is -2.33. The van der Waals surface area contributed by atoms with Crippen LogP contribution < -0.4 is 0 Å². The monoisotopic (exact) mass is 343 g/mol. The molecule has 0 radical (unpaired) electrons. The molecule has 1 aromatic heterocycles. The van der Waals surface area contributed by atoms with Gasteiger partial charge in [-0.1, -0.05) is 13.3 Å². The van der Waals surface area contributed by atoms with Crippen LogP contribution in [-0.2, 0) is 6.54 Å². The van der Waals surface area contributed by atoms with Crippen molar-refractivity contribution < 1.29 is 9.18 Å². The van der Waals surface area contributed by atoms with Crippen LogP contribution >= 0.6 is 0 Å². The van der Waals surface area contributed by atoms with Crippen LogP contribution in [0, 0.1) is 12.7 Å². The molecule has 2 aromatic rings. The van der Waals surface area contributed by atoms with Gasteiger partial charge in [0.05, 0.1) is 0 Å². The van der Waals surface area contributed by atoms with Crippen molar-refractivity contribution in [3.05, 3.63) is 53.4 Å². The number of aryl methyl sites for hydroxylation is 2.